The van der Waals surface area contributed by atoms with Crippen molar-refractivity contribution in [3.8, 4) is 0 Å². The minimum Gasteiger partial charge on any atom is -0.320 e. The second-order valence-electron chi connectivity index (χ2n) is 4.01. The number of aryl methyl sites for hydroxylation is 1. The fourth-order valence-corrected chi connectivity index (χ4v) is 1.71. The van der Waals surface area contributed by atoms with Gasteiger partial charge in [0.15, 0.2) is 0 Å². The fraction of sp³-hybridized carbons (Fsp3) is 0.143. The summed E-state index contributed by atoms with van der Waals surface area (Å²) < 4.78 is 26.9. The average molecular weight is 233 g/mol. The molecule has 0 aliphatic rings. The molecule has 2 aromatic carbocycles. The first kappa shape index (κ1) is 11.7. The molecule has 0 radical (unpaired) electrons. The van der Waals surface area contributed by atoms with E-state index in [2.05, 4.69) is 0 Å². The lowest BCUT2D eigenvalue weighted by Gasteiger charge is -2.14. The standard InChI is InChI=1S/C14H13F2N/c1-9-6-7-10(8-13(9)16)14(17)11-4-2-3-5-12(11)15/h2-8,14H,17H2,1H3. The number of benzene rings is 2. The van der Waals surface area contributed by atoms with Crippen LogP contribution in [-0.2, 0) is 0 Å². The maximum absolute atomic E-state index is 13.5. The van der Waals surface area contributed by atoms with E-state index < -0.39 is 6.04 Å². The molecule has 1 unspecified atom stereocenters. The zero-order chi connectivity index (χ0) is 12.4. The van der Waals surface area contributed by atoms with Crippen LogP contribution in [0.3, 0.4) is 0 Å². The van der Waals surface area contributed by atoms with Crippen molar-refractivity contribution in [1.82, 2.24) is 0 Å². The molecule has 0 saturated heterocycles. The van der Waals surface area contributed by atoms with Crippen LogP contribution in [-0.4, -0.2) is 0 Å². The Labute approximate surface area is 98.9 Å². The molecular weight excluding hydrogens is 220 g/mol. The zero-order valence-corrected chi connectivity index (χ0v) is 9.45. The van der Waals surface area contributed by atoms with Gasteiger partial charge in [0.2, 0.25) is 0 Å². The Balaban J connectivity index is 2.40. The van der Waals surface area contributed by atoms with Crippen LogP contribution in [0, 0.1) is 18.6 Å². The van der Waals surface area contributed by atoms with Crippen LogP contribution in [0.15, 0.2) is 42.5 Å². The molecule has 17 heavy (non-hydrogen) atoms. The first-order chi connectivity index (χ1) is 8.09. The van der Waals surface area contributed by atoms with E-state index in [1.54, 1.807) is 37.3 Å². The van der Waals surface area contributed by atoms with Crippen LogP contribution in [0.2, 0.25) is 0 Å². The Morgan fingerprint density at radius 3 is 2.35 bits per heavy atom. The molecule has 0 aromatic heterocycles. The summed E-state index contributed by atoms with van der Waals surface area (Å²) in [4.78, 5) is 0. The molecule has 88 valence electrons. The molecule has 2 N–H and O–H groups in total. The SMILES string of the molecule is Cc1ccc(C(N)c2ccccc2F)cc1F. The Morgan fingerprint density at radius 1 is 1.00 bits per heavy atom. The lowest BCUT2D eigenvalue weighted by molar-refractivity contribution is 0.594. The summed E-state index contributed by atoms with van der Waals surface area (Å²) in [5, 5.41) is 0. The van der Waals surface area contributed by atoms with Crippen molar-refractivity contribution in [3.05, 3.63) is 70.8 Å². The predicted molar refractivity (Wildman–Crippen MR) is 63.6 cm³/mol. The van der Waals surface area contributed by atoms with E-state index in [0.29, 0.717) is 16.7 Å². The van der Waals surface area contributed by atoms with Crippen LogP contribution in [0.25, 0.3) is 0 Å². The summed E-state index contributed by atoms with van der Waals surface area (Å²) in [6, 6.07) is 10.3. The molecule has 0 bridgehead atoms. The Bertz CT molecular complexity index is 537. The number of hydrogen-bond donors (Lipinski definition) is 1. The van der Waals surface area contributed by atoms with Crippen LogP contribution in [0.1, 0.15) is 22.7 Å². The van der Waals surface area contributed by atoms with Crippen molar-refractivity contribution in [2.24, 2.45) is 5.73 Å². The zero-order valence-electron chi connectivity index (χ0n) is 9.45. The van der Waals surface area contributed by atoms with Crippen molar-refractivity contribution in [2.75, 3.05) is 0 Å². The molecule has 0 aliphatic heterocycles. The summed E-state index contributed by atoms with van der Waals surface area (Å²) in [5.41, 5.74) is 7.42. The highest BCUT2D eigenvalue weighted by Gasteiger charge is 2.13. The summed E-state index contributed by atoms with van der Waals surface area (Å²) in [6.45, 7) is 1.67. The minimum atomic E-state index is -0.647. The predicted octanol–water partition coefficient (Wildman–Crippen LogP) is 3.32. The van der Waals surface area contributed by atoms with Crippen LogP contribution in [0.5, 0.6) is 0 Å². The van der Waals surface area contributed by atoms with E-state index in [-0.39, 0.29) is 11.6 Å². The summed E-state index contributed by atoms with van der Waals surface area (Å²) in [6.07, 6.45) is 0. The highest BCUT2D eigenvalue weighted by molar-refractivity contribution is 5.34. The summed E-state index contributed by atoms with van der Waals surface area (Å²) >= 11 is 0. The lowest BCUT2D eigenvalue weighted by atomic mass is 9.98. The van der Waals surface area contributed by atoms with Gasteiger partial charge in [-0.15, -0.1) is 0 Å². The first-order valence-corrected chi connectivity index (χ1v) is 5.35. The molecule has 0 aliphatic carbocycles. The van der Waals surface area contributed by atoms with Crippen LogP contribution < -0.4 is 5.73 Å². The maximum Gasteiger partial charge on any atom is 0.128 e. The molecule has 0 saturated carbocycles. The fourth-order valence-electron chi connectivity index (χ4n) is 1.71. The van der Waals surface area contributed by atoms with Gasteiger partial charge in [0, 0.05) is 5.56 Å². The smallest absolute Gasteiger partial charge is 0.128 e. The van der Waals surface area contributed by atoms with Gasteiger partial charge >= 0.3 is 0 Å². The van der Waals surface area contributed by atoms with Gasteiger partial charge in [-0.3, -0.25) is 0 Å². The highest BCUT2D eigenvalue weighted by atomic mass is 19.1. The Hall–Kier alpha value is -1.74. The summed E-state index contributed by atoms with van der Waals surface area (Å²) in [7, 11) is 0. The molecular formula is C14H13F2N. The average Bonchev–Trinajstić information content (AvgIpc) is 2.32. The molecule has 2 rings (SSSR count). The van der Waals surface area contributed by atoms with Gasteiger partial charge in [0.25, 0.3) is 0 Å². The van der Waals surface area contributed by atoms with E-state index in [9.17, 15) is 8.78 Å². The van der Waals surface area contributed by atoms with Crippen LogP contribution in [0.4, 0.5) is 8.78 Å². The third-order valence-corrected chi connectivity index (χ3v) is 2.80. The van der Waals surface area contributed by atoms with E-state index in [4.69, 9.17) is 5.73 Å². The van der Waals surface area contributed by atoms with Gasteiger partial charge in [-0.05, 0) is 30.2 Å². The highest BCUT2D eigenvalue weighted by Crippen LogP contribution is 2.23. The monoisotopic (exact) mass is 233 g/mol. The van der Waals surface area contributed by atoms with Crippen molar-refractivity contribution < 1.29 is 8.78 Å². The largest absolute Gasteiger partial charge is 0.320 e. The molecule has 3 heteroatoms. The maximum atomic E-state index is 13.5. The molecule has 0 spiro atoms. The van der Waals surface area contributed by atoms with Crippen molar-refractivity contribution in [1.29, 1.82) is 0 Å². The Morgan fingerprint density at radius 2 is 1.71 bits per heavy atom. The van der Waals surface area contributed by atoms with Gasteiger partial charge in [-0.25, -0.2) is 8.78 Å². The second kappa shape index (κ2) is 4.63. The number of halogens is 2. The van der Waals surface area contributed by atoms with Gasteiger partial charge in [0.05, 0.1) is 6.04 Å². The first-order valence-electron chi connectivity index (χ1n) is 5.35. The Kier molecular flexibility index (Phi) is 3.20. The van der Waals surface area contributed by atoms with E-state index in [1.807, 2.05) is 0 Å². The van der Waals surface area contributed by atoms with Gasteiger partial charge in [-0.1, -0.05) is 30.3 Å². The van der Waals surface area contributed by atoms with Gasteiger partial charge in [-0.2, -0.15) is 0 Å². The minimum absolute atomic E-state index is 0.325. The van der Waals surface area contributed by atoms with E-state index in [0.717, 1.165) is 0 Å². The summed E-state index contributed by atoms with van der Waals surface area (Å²) in [5.74, 6) is -0.699. The molecule has 0 fully saturated rings. The third kappa shape index (κ3) is 2.34. The van der Waals surface area contributed by atoms with Gasteiger partial charge in [0.1, 0.15) is 11.6 Å². The molecule has 0 heterocycles. The topological polar surface area (TPSA) is 26.0 Å². The molecule has 0 amide bonds. The molecule has 1 nitrogen and oxygen atoms in total. The number of hydrogen-bond acceptors (Lipinski definition) is 1. The third-order valence-electron chi connectivity index (χ3n) is 2.80. The van der Waals surface area contributed by atoms with Crippen molar-refractivity contribution in [2.45, 2.75) is 13.0 Å². The lowest BCUT2D eigenvalue weighted by Crippen LogP contribution is -2.13. The molecule has 1 atom stereocenters. The van der Waals surface area contributed by atoms with E-state index in [1.165, 1.54) is 12.1 Å². The quantitative estimate of drug-likeness (QED) is 0.846. The molecule has 2 aromatic rings. The van der Waals surface area contributed by atoms with E-state index >= 15 is 0 Å². The van der Waals surface area contributed by atoms with Crippen molar-refractivity contribution in [3.63, 3.8) is 0 Å². The van der Waals surface area contributed by atoms with Crippen LogP contribution >= 0.6 is 0 Å². The number of nitrogens with two attached hydrogens (primary N) is 1. The normalized spacial score (nSPS) is 12.5. The second-order valence-corrected chi connectivity index (χ2v) is 4.01. The van der Waals surface area contributed by atoms with Crippen molar-refractivity contribution >= 4 is 0 Å². The van der Waals surface area contributed by atoms with Gasteiger partial charge < -0.3 is 5.73 Å². The number of rotatable bonds is 2.